The smallest absolute Gasteiger partial charge is 0.229 e. The predicted molar refractivity (Wildman–Crippen MR) is 99.6 cm³/mol. The first-order valence-electron chi connectivity index (χ1n) is 9.42. The average Bonchev–Trinajstić information content (AvgIpc) is 3.09. The first kappa shape index (κ1) is 18.5. The van der Waals surface area contributed by atoms with E-state index in [-0.39, 0.29) is 30.3 Å². The third kappa shape index (κ3) is 3.94. The van der Waals surface area contributed by atoms with Gasteiger partial charge in [0.15, 0.2) is 0 Å². The Morgan fingerprint density at radius 1 is 1.38 bits per heavy atom. The molecule has 0 bridgehead atoms. The Bertz CT molecular complexity index is 701. The molecule has 1 aromatic carbocycles. The van der Waals surface area contributed by atoms with Gasteiger partial charge in [0.05, 0.1) is 18.2 Å². The Morgan fingerprint density at radius 3 is 2.85 bits per heavy atom. The maximum Gasteiger partial charge on any atom is 0.229 e. The number of likely N-dealkylation sites (tertiary alicyclic amines) is 1. The highest BCUT2D eigenvalue weighted by Crippen LogP contribution is 2.38. The van der Waals surface area contributed by atoms with Crippen LogP contribution in [-0.2, 0) is 16.0 Å². The van der Waals surface area contributed by atoms with Crippen LogP contribution < -0.4 is 14.8 Å². The number of anilines is 1. The molecule has 2 atom stereocenters. The van der Waals surface area contributed by atoms with Gasteiger partial charge in [-0.2, -0.15) is 0 Å². The van der Waals surface area contributed by atoms with Crippen LogP contribution in [0.4, 0.5) is 5.69 Å². The fraction of sp³-hybridized carbons (Fsp3) is 0.600. The van der Waals surface area contributed by atoms with E-state index in [4.69, 9.17) is 9.47 Å². The maximum absolute atomic E-state index is 12.7. The summed E-state index contributed by atoms with van der Waals surface area (Å²) in [6.45, 7) is 9.76. The minimum Gasteiger partial charge on any atom is -0.492 e. The molecule has 1 saturated heterocycles. The van der Waals surface area contributed by atoms with Crippen LogP contribution in [0.5, 0.6) is 11.5 Å². The largest absolute Gasteiger partial charge is 0.492 e. The summed E-state index contributed by atoms with van der Waals surface area (Å²) in [4.78, 5) is 26.6. The minimum atomic E-state index is -0.330. The van der Waals surface area contributed by atoms with Gasteiger partial charge < -0.3 is 19.7 Å². The Labute approximate surface area is 154 Å². The van der Waals surface area contributed by atoms with Gasteiger partial charge in [0, 0.05) is 37.6 Å². The second kappa shape index (κ2) is 7.56. The highest BCUT2D eigenvalue weighted by atomic mass is 16.5. The normalized spacial score (nSPS) is 21.7. The molecule has 6 nitrogen and oxygen atoms in total. The zero-order chi connectivity index (χ0) is 18.8. The van der Waals surface area contributed by atoms with Gasteiger partial charge in [-0.15, -0.1) is 0 Å². The molecule has 2 aliphatic heterocycles. The predicted octanol–water partition coefficient (Wildman–Crippen LogP) is 2.85. The first-order chi connectivity index (χ1) is 12.4. The summed E-state index contributed by atoms with van der Waals surface area (Å²) in [5.74, 6) is 1.41. The van der Waals surface area contributed by atoms with Crippen molar-refractivity contribution in [3.8, 4) is 11.5 Å². The van der Waals surface area contributed by atoms with E-state index in [0.717, 1.165) is 17.7 Å². The van der Waals surface area contributed by atoms with Crippen LogP contribution in [-0.4, -0.2) is 42.5 Å². The highest BCUT2D eigenvalue weighted by Gasteiger charge is 2.35. The van der Waals surface area contributed by atoms with Gasteiger partial charge in [0.2, 0.25) is 11.8 Å². The van der Waals surface area contributed by atoms with Gasteiger partial charge in [-0.25, -0.2) is 0 Å². The van der Waals surface area contributed by atoms with E-state index in [1.165, 1.54) is 0 Å². The molecular weight excluding hydrogens is 332 g/mol. The molecule has 2 amide bonds. The fourth-order valence-electron chi connectivity index (χ4n) is 3.61. The van der Waals surface area contributed by atoms with E-state index in [9.17, 15) is 9.59 Å². The molecule has 0 unspecified atom stereocenters. The third-order valence-corrected chi connectivity index (χ3v) is 4.73. The monoisotopic (exact) mass is 360 g/mol. The van der Waals surface area contributed by atoms with Crippen LogP contribution in [0.15, 0.2) is 12.1 Å². The van der Waals surface area contributed by atoms with Gasteiger partial charge >= 0.3 is 0 Å². The Hall–Kier alpha value is -2.24. The number of ether oxygens (including phenoxy) is 2. The molecule has 2 aliphatic rings. The lowest BCUT2D eigenvalue weighted by atomic mass is 10.1. The van der Waals surface area contributed by atoms with Gasteiger partial charge in [-0.1, -0.05) is 13.8 Å². The number of benzene rings is 1. The van der Waals surface area contributed by atoms with E-state index in [2.05, 4.69) is 19.2 Å². The van der Waals surface area contributed by atoms with E-state index < -0.39 is 0 Å². The number of amides is 2. The Balaban J connectivity index is 1.73. The van der Waals surface area contributed by atoms with Gasteiger partial charge in [0.25, 0.3) is 0 Å². The van der Waals surface area contributed by atoms with Gasteiger partial charge in [-0.3, -0.25) is 9.59 Å². The van der Waals surface area contributed by atoms with Crippen LogP contribution in [0.25, 0.3) is 0 Å². The van der Waals surface area contributed by atoms with E-state index in [1.807, 2.05) is 26.0 Å². The SMILES string of the molecule is CCOc1cc2c(cc1NC(=O)[C@H]1CC(=O)N(CC(C)C)C1)O[C@H](C)C2. The van der Waals surface area contributed by atoms with Crippen molar-refractivity contribution in [1.29, 1.82) is 0 Å². The quantitative estimate of drug-likeness (QED) is 0.847. The minimum absolute atomic E-state index is 0.0509. The third-order valence-electron chi connectivity index (χ3n) is 4.73. The zero-order valence-corrected chi connectivity index (χ0v) is 16.0. The summed E-state index contributed by atoms with van der Waals surface area (Å²) >= 11 is 0. The molecule has 0 spiro atoms. The lowest BCUT2D eigenvalue weighted by Gasteiger charge is -2.19. The van der Waals surface area contributed by atoms with Crippen molar-refractivity contribution >= 4 is 17.5 Å². The topological polar surface area (TPSA) is 67.9 Å². The molecule has 0 radical (unpaired) electrons. The summed E-state index contributed by atoms with van der Waals surface area (Å²) in [6, 6.07) is 3.78. The molecule has 0 saturated carbocycles. The molecule has 2 heterocycles. The number of hydrogen-bond donors (Lipinski definition) is 1. The second-order valence-corrected chi connectivity index (χ2v) is 7.60. The average molecular weight is 360 g/mol. The summed E-state index contributed by atoms with van der Waals surface area (Å²) in [7, 11) is 0. The van der Waals surface area contributed by atoms with Crippen molar-refractivity contribution in [2.45, 2.75) is 46.6 Å². The van der Waals surface area contributed by atoms with Crippen LogP contribution in [0, 0.1) is 11.8 Å². The number of hydrogen-bond acceptors (Lipinski definition) is 4. The number of nitrogens with one attached hydrogen (secondary N) is 1. The molecule has 1 fully saturated rings. The van der Waals surface area contributed by atoms with Crippen molar-refractivity contribution in [3.63, 3.8) is 0 Å². The fourth-order valence-corrected chi connectivity index (χ4v) is 3.61. The van der Waals surface area contributed by atoms with Crippen LogP contribution in [0.2, 0.25) is 0 Å². The molecule has 6 heteroatoms. The molecule has 1 N–H and O–H groups in total. The number of fused-ring (bicyclic) bond motifs is 1. The summed E-state index contributed by atoms with van der Waals surface area (Å²) < 4.78 is 11.5. The molecule has 1 aromatic rings. The van der Waals surface area contributed by atoms with E-state index in [0.29, 0.717) is 37.1 Å². The standard InChI is InChI=1S/C20H28N2O4/c1-5-25-18-7-14-6-13(4)26-17(14)9-16(18)21-20(24)15-8-19(23)22(11-15)10-12(2)3/h7,9,12-13,15H,5-6,8,10-11H2,1-4H3,(H,21,24)/t13-,15+/m1/s1. The Morgan fingerprint density at radius 2 is 2.15 bits per heavy atom. The van der Waals surface area contributed by atoms with Crippen LogP contribution in [0.1, 0.15) is 39.7 Å². The van der Waals surface area contributed by atoms with E-state index in [1.54, 1.807) is 4.90 Å². The van der Waals surface area contributed by atoms with Crippen molar-refractivity contribution in [1.82, 2.24) is 4.90 Å². The molecular formula is C20H28N2O4. The molecule has 3 rings (SSSR count). The van der Waals surface area contributed by atoms with Gasteiger partial charge in [0.1, 0.15) is 17.6 Å². The van der Waals surface area contributed by atoms with Crippen molar-refractivity contribution < 1.29 is 19.1 Å². The lowest BCUT2D eigenvalue weighted by Crippen LogP contribution is -2.31. The Kier molecular flexibility index (Phi) is 5.39. The summed E-state index contributed by atoms with van der Waals surface area (Å²) in [5.41, 5.74) is 1.71. The zero-order valence-electron chi connectivity index (χ0n) is 16.0. The molecule has 0 aliphatic carbocycles. The number of carbonyl (C=O) groups is 2. The van der Waals surface area contributed by atoms with E-state index >= 15 is 0 Å². The van der Waals surface area contributed by atoms with Crippen molar-refractivity contribution in [2.75, 3.05) is 25.0 Å². The summed E-state index contributed by atoms with van der Waals surface area (Å²) in [6.07, 6.45) is 1.23. The molecule has 0 aromatic heterocycles. The van der Waals surface area contributed by atoms with Crippen molar-refractivity contribution in [3.05, 3.63) is 17.7 Å². The highest BCUT2D eigenvalue weighted by molar-refractivity contribution is 5.98. The number of carbonyl (C=O) groups excluding carboxylic acids is 2. The van der Waals surface area contributed by atoms with Crippen LogP contribution >= 0.6 is 0 Å². The van der Waals surface area contributed by atoms with Crippen molar-refractivity contribution in [2.24, 2.45) is 11.8 Å². The number of nitrogens with zero attached hydrogens (tertiary/aromatic N) is 1. The number of rotatable bonds is 6. The lowest BCUT2D eigenvalue weighted by molar-refractivity contribution is -0.128. The molecule has 26 heavy (non-hydrogen) atoms. The van der Waals surface area contributed by atoms with Gasteiger partial charge in [-0.05, 0) is 25.8 Å². The first-order valence-corrected chi connectivity index (χ1v) is 9.42. The summed E-state index contributed by atoms with van der Waals surface area (Å²) in [5, 5.41) is 2.95. The molecule has 142 valence electrons. The maximum atomic E-state index is 12.7. The van der Waals surface area contributed by atoms with Crippen LogP contribution in [0.3, 0.4) is 0 Å². The second-order valence-electron chi connectivity index (χ2n) is 7.60.